The van der Waals surface area contributed by atoms with Crippen LogP contribution in [0.2, 0.25) is 0 Å². The predicted octanol–water partition coefficient (Wildman–Crippen LogP) is 2.66. The lowest BCUT2D eigenvalue weighted by Gasteiger charge is -2.11. The highest BCUT2D eigenvalue weighted by atomic mass is 19.1. The van der Waals surface area contributed by atoms with Crippen molar-refractivity contribution in [1.29, 1.82) is 0 Å². The molecule has 2 rings (SSSR count). The highest BCUT2D eigenvalue weighted by molar-refractivity contribution is 5.79. The molecule has 0 amide bonds. The molecule has 1 aromatic carbocycles. The molecule has 0 unspecified atom stereocenters. The van der Waals surface area contributed by atoms with E-state index < -0.39 is 0 Å². The highest BCUT2D eigenvalue weighted by Gasteiger charge is 2.04. The molecule has 0 bridgehead atoms. The minimum atomic E-state index is -0.376. The maximum absolute atomic E-state index is 13.6. The zero-order valence-corrected chi connectivity index (χ0v) is 13.0. The van der Waals surface area contributed by atoms with E-state index in [0.717, 1.165) is 0 Å². The normalized spacial score (nSPS) is 11.3. The van der Waals surface area contributed by atoms with Crippen molar-refractivity contribution >= 4 is 5.96 Å². The summed E-state index contributed by atoms with van der Waals surface area (Å²) in [7, 11) is 0. The molecule has 0 atom stereocenters. The number of nitrogens with zero attached hydrogens (tertiary/aromatic N) is 2. The van der Waals surface area contributed by atoms with Gasteiger partial charge in [-0.3, -0.25) is 4.98 Å². The van der Waals surface area contributed by atoms with Gasteiger partial charge in [0.15, 0.2) is 5.96 Å². The van der Waals surface area contributed by atoms with Gasteiger partial charge in [-0.1, -0.05) is 18.2 Å². The molecule has 23 heavy (non-hydrogen) atoms. The quantitative estimate of drug-likeness (QED) is 0.636. The van der Waals surface area contributed by atoms with Gasteiger partial charge in [0, 0.05) is 19.3 Å². The minimum Gasteiger partial charge on any atom is -0.357 e. The smallest absolute Gasteiger partial charge is 0.191 e. The van der Waals surface area contributed by atoms with Crippen molar-refractivity contribution in [1.82, 2.24) is 15.6 Å². The van der Waals surface area contributed by atoms with Crippen molar-refractivity contribution in [2.24, 2.45) is 4.99 Å². The van der Waals surface area contributed by atoms with Crippen LogP contribution in [0.1, 0.15) is 18.2 Å². The Hall–Kier alpha value is -2.50. The number of aromatic nitrogens is 1. The number of halogens is 2. The van der Waals surface area contributed by atoms with E-state index in [1.54, 1.807) is 18.2 Å². The van der Waals surface area contributed by atoms with Crippen molar-refractivity contribution < 1.29 is 8.78 Å². The van der Waals surface area contributed by atoms with Crippen LogP contribution in [0.15, 0.2) is 47.6 Å². The molecular weight excluding hydrogens is 298 g/mol. The first kappa shape index (κ1) is 16.9. The van der Waals surface area contributed by atoms with E-state index in [2.05, 4.69) is 20.6 Å². The fraction of sp³-hybridized carbons (Fsp3) is 0.294. The number of pyridine rings is 1. The molecule has 0 saturated carbocycles. The van der Waals surface area contributed by atoms with Crippen LogP contribution in [0, 0.1) is 11.6 Å². The van der Waals surface area contributed by atoms with Crippen molar-refractivity contribution in [3.8, 4) is 0 Å². The summed E-state index contributed by atoms with van der Waals surface area (Å²) in [6.45, 7) is 3.28. The first-order valence-electron chi connectivity index (χ1n) is 7.55. The number of nitrogens with one attached hydrogen (secondary N) is 2. The monoisotopic (exact) mass is 318 g/mol. The largest absolute Gasteiger partial charge is 0.357 e. The summed E-state index contributed by atoms with van der Waals surface area (Å²) >= 11 is 0. The lowest BCUT2D eigenvalue weighted by atomic mass is 10.1. The standard InChI is InChI=1S/C17H20F2N4/c1-2-20-17(23-12-16-15(19)8-5-10-21-16)22-11-9-13-6-3-4-7-14(13)18/h3-8,10H,2,9,11-12H2,1H3,(H2,20,22,23). The fourth-order valence-corrected chi connectivity index (χ4v) is 2.05. The molecule has 0 fully saturated rings. The lowest BCUT2D eigenvalue weighted by molar-refractivity contribution is 0.598. The molecular formula is C17H20F2N4. The lowest BCUT2D eigenvalue weighted by Crippen LogP contribution is -2.38. The Bertz CT molecular complexity index is 659. The zero-order chi connectivity index (χ0) is 16.5. The second-order valence-corrected chi connectivity index (χ2v) is 4.90. The van der Waals surface area contributed by atoms with Gasteiger partial charge >= 0.3 is 0 Å². The number of hydrogen-bond donors (Lipinski definition) is 2. The molecule has 0 spiro atoms. The summed E-state index contributed by atoms with van der Waals surface area (Å²) in [6.07, 6.45) is 2.07. The maximum Gasteiger partial charge on any atom is 0.191 e. The highest BCUT2D eigenvalue weighted by Crippen LogP contribution is 2.06. The Morgan fingerprint density at radius 1 is 1.09 bits per heavy atom. The van der Waals surface area contributed by atoms with E-state index in [1.165, 1.54) is 18.3 Å². The van der Waals surface area contributed by atoms with Crippen LogP contribution < -0.4 is 10.6 Å². The van der Waals surface area contributed by atoms with Crippen molar-refractivity contribution in [2.75, 3.05) is 13.1 Å². The van der Waals surface area contributed by atoms with Crippen LogP contribution in [0.4, 0.5) is 8.78 Å². The summed E-state index contributed by atoms with van der Waals surface area (Å²) in [5.41, 5.74) is 0.936. The Balaban J connectivity index is 1.92. The zero-order valence-electron chi connectivity index (χ0n) is 13.0. The molecule has 0 saturated heterocycles. The third kappa shape index (κ3) is 5.32. The van der Waals surface area contributed by atoms with Crippen molar-refractivity contribution in [3.63, 3.8) is 0 Å². The first-order valence-corrected chi connectivity index (χ1v) is 7.55. The summed E-state index contributed by atoms with van der Waals surface area (Å²) < 4.78 is 27.1. The summed E-state index contributed by atoms with van der Waals surface area (Å²) in [5, 5.41) is 6.18. The Morgan fingerprint density at radius 2 is 1.87 bits per heavy atom. The van der Waals surface area contributed by atoms with Gasteiger partial charge in [0.25, 0.3) is 0 Å². The molecule has 0 aliphatic heterocycles. The van der Waals surface area contributed by atoms with Crippen LogP contribution in [-0.4, -0.2) is 24.0 Å². The number of hydrogen-bond acceptors (Lipinski definition) is 2. The van der Waals surface area contributed by atoms with Gasteiger partial charge in [-0.25, -0.2) is 13.8 Å². The Morgan fingerprint density at radius 3 is 2.61 bits per heavy atom. The minimum absolute atomic E-state index is 0.141. The van der Waals surface area contributed by atoms with Crippen molar-refractivity contribution in [3.05, 3.63) is 65.5 Å². The average molecular weight is 318 g/mol. The fourth-order valence-electron chi connectivity index (χ4n) is 2.05. The Kier molecular flexibility index (Phi) is 6.47. The molecule has 0 aliphatic rings. The molecule has 2 N–H and O–H groups in total. The second kappa shape index (κ2) is 8.82. The molecule has 4 nitrogen and oxygen atoms in total. The van der Waals surface area contributed by atoms with E-state index in [-0.39, 0.29) is 18.2 Å². The molecule has 6 heteroatoms. The van der Waals surface area contributed by atoms with E-state index in [4.69, 9.17) is 0 Å². The van der Waals surface area contributed by atoms with E-state index >= 15 is 0 Å². The van der Waals surface area contributed by atoms with Gasteiger partial charge in [-0.2, -0.15) is 0 Å². The molecule has 1 aromatic heterocycles. The predicted molar refractivity (Wildman–Crippen MR) is 87.1 cm³/mol. The van der Waals surface area contributed by atoms with Crippen LogP contribution in [0.3, 0.4) is 0 Å². The maximum atomic E-state index is 13.6. The van der Waals surface area contributed by atoms with Crippen molar-refractivity contribution in [2.45, 2.75) is 19.9 Å². The van der Waals surface area contributed by atoms with Gasteiger partial charge < -0.3 is 10.6 Å². The van der Waals surface area contributed by atoms with Crippen LogP contribution in [0.5, 0.6) is 0 Å². The Labute approximate surface area is 134 Å². The average Bonchev–Trinajstić information content (AvgIpc) is 2.55. The first-order chi connectivity index (χ1) is 11.2. The molecule has 0 aliphatic carbocycles. The van der Waals surface area contributed by atoms with E-state index in [1.807, 2.05) is 13.0 Å². The van der Waals surface area contributed by atoms with Gasteiger partial charge in [-0.15, -0.1) is 0 Å². The molecule has 2 aromatic rings. The summed E-state index contributed by atoms with van der Waals surface area (Å²) in [6, 6.07) is 9.57. The van der Waals surface area contributed by atoms with Gasteiger partial charge in [0.2, 0.25) is 0 Å². The third-order valence-electron chi connectivity index (χ3n) is 3.21. The summed E-state index contributed by atoms with van der Waals surface area (Å²) in [5.74, 6) is -0.0425. The number of rotatable bonds is 6. The van der Waals surface area contributed by atoms with Gasteiger partial charge in [-0.05, 0) is 37.1 Å². The number of benzene rings is 1. The van der Waals surface area contributed by atoms with Gasteiger partial charge in [0.05, 0.1) is 12.2 Å². The van der Waals surface area contributed by atoms with E-state index in [9.17, 15) is 8.78 Å². The third-order valence-corrected chi connectivity index (χ3v) is 3.21. The van der Waals surface area contributed by atoms with Crippen LogP contribution in [-0.2, 0) is 13.0 Å². The molecule has 1 heterocycles. The van der Waals surface area contributed by atoms with Gasteiger partial charge in [0.1, 0.15) is 11.6 Å². The number of aliphatic imine (C=N–C) groups is 1. The summed E-state index contributed by atoms with van der Waals surface area (Å²) in [4.78, 5) is 8.26. The number of guanidine groups is 1. The topological polar surface area (TPSA) is 49.3 Å². The van der Waals surface area contributed by atoms with Crippen LogP contribution in [0.25, 0.3) is 0 Å². The molecule has 0 radical (unpaired) electrons. The molecule has 122 valence electrons. The second-order valence-electron chi connectivity index (χ2n) is 4.90. The SMILES string of the molecule is CCNC(=NCc1ncccc1F)NCCc1ccccc1F. The van der Waals surface area contributed by atoms with E-state index in [0.29, 0.717) is 36.7 Å². The van der Waals surface area contributed by atoms with Crippen LogP contribution >= 0.6 is 0 Å².